The van der Waals surface area contributed by atoms with Gasteiger partial charge in [-0.3, -0.25) is 9.98 Å². The first kappa shape index (κ1) is 14.9. The quantitative estimate of drug-likeness (QED) is 0.531. The minimum absolute atomic E-state index is 0.281. The summed E-state index contributed by atoms with van der Waals surface area (Å²) >= 11 is 0. The van der Waals surface area contributed by atoms with Crippen LogP contribution in [0.4, 0.5) is 0 Å². The third kappa shape index (κ3) is 4.62. The van der Waals surface area contributed by atoms with E-state index in [9.17, 15) is 0 Å². The van der Waals surface area contributed by atoms with Crippen LogP contribution in [-0.4, -0.2) is 48.9 Å². The lowest BCUT2D eigenvalue weighted by molar-refractivity contribution is 0.678. The van der Waals surface area contributed by atoms with Gasteiger partial charge < -0.3 is 22.1 Å². The number of hydrogen-bond donors (Lipinski definition) is 4. The minimum Gasteiger partial charge on any atom is -0.370 e. The van der Waals surface area contributed by atoms with E-state index in [2.05, 4.69) is 20.6 Å². The van der Waals surface area contributed by atoms with Crippen molar-refractivity contribution in [2.24, 2.45) is 21.5 Å². The number of nitrogens with zero attached hydrogens (tertiary/aromatic N) is 2. The van der Waals surface area contributed by atoms with Crippen molar-refractivity contribution in [3.8, 4) is 0 Å². The summed E-state index contributed by atoms with van der Waals surface area (Å²) in [5.41, 5.74) is 10.9. The molecule has 0 bridgehead atoms. The van der Waals surface area contributed by atoms with Gasteiger partial charge in [-0.2, -0.15) is 0 Å². The summed E-state index contributed by atoms with van der Waals surface area (Å²) in [6, 6.07) is 0. The molecule has 0 amide bonds. The average molecular weight is 254 g/mol. The van der Waals surface area contributed by atoms with Crippen LogP contribution >= 0.6 is 0 Å². The van der Waals surface area contributed by atoms with Crippen LogP contribution in [-0.2, 0) is 0 Å². The van der Waals surface area contributed by atoms with Gasteiger partial charge in [0.1, 0.15) is 11.7 Å². The van der Waals surface area contributed by atoms with Crippen LogP contribution in [0.3, 0.4) is 0 Å². The Bertz CT molecular complexity index is 297. The second-order valence-electron chi connectivity index (χ2n) is 5.76. The number of aliphatic imine (C=N–C) groups is 2. The van der Waals surface area contributed by atoms with E-state index < -0.39 is 0 Å². The zero-order valence-electron chi connectivity index (χ0n) is 11.9. The van der Waals surface area contributed by atoms with Crippen LogP contribution in [0.2, 0.25) is 0 Å². The van der Waals surface area contributed by atoms with Gasteiger partial charge in [0, 0.05) is 13.1 Å². The molecule has 0 saturated heterocycles. The highest BCUT2D eigenvalue weighted by Gasteiger charge is 2.21. The smallest absolute Gasteiger partial charge is 0.116 e. The van der Waals surface area contributed by atoms with Crippen LogP contribution < -0.4 is 22.1 Å². The van der Waals surface area contributed by atoms with Crippen LogP contribution in [0, 0.1) is 0 Å². The van der Waals surface area contributed by atoms with E-state index >= 15 is 0 Å². The molecule has 0 atom stereocenters. The van der Waals surface area contributed by atoms with E-state index in [1.807, 2.05) is 27.7 Å². The Kier molecular flexibility index (Phi) is 4.70. The first-order valence-corrected chi connectivity index (χ1v) is 6.36. The Morgan fingerprint density at radius 2 is 1.17 bits per heavy atom. The highest BCUT2D eigenvalue weighted by Crippen LogP contribution is 2.01. The number of amidine groups is 2. The first-order valence-electron chi connectivity index (χ1n) is 6.36. The van der Waals surface area contributed by atoms with Crippen molar-refractivity contribution >= 4 is 11.7 Å². The summed E-state index contributed by atoms with van der Waals surface area (Å²) in [6.45, 7) is 11.4. The average Bonchev–Trinajstić information content (AvgIpc) is 2.91. The van der Waals surface area contributed by atoms with Gasteiger partial charge in [0.25, 0.3) is 0 Å². The van der Waals surface area contributed by atoms with Crippen molar-refractivity contribution in [3.05, 3.63) is 0 Å². The summed E-state index contributed by atoms with van der Waals surface area (Å²) < 4.78 is 0. The number of nitrogens with two attached hydrogens (primary N) is 2. The molecule has 0 aromatic heterocycles. The maximum atomic E-state index is 5.75. The Morgan fingerprint density at radius 3 is 1.28 bits per heavy atom. The monoisotopic (exact) mass is 254 g/mol. The van der Waals surface area contributed by atoms with Gasteiger partial charge in [0.15, 0.2) is 0 Å². The topological polar surface area (TPSA) is 101 Å². The Hall–Kier alpha value is -1.14. The highest BCUT2D eigenvalue weighted by atomic mass is 15.1. The van der Waals surface area contributed by atoms with Crippen molar-refractivity contribution in [2.45, 2.75) is 38.8 Å². The second-order valence-corrected chi connectivity index (χ2v) is 5.76. The predicted octanol–water partition coefficient (Wildman–Crippen LogP) is -0.549. The Balaban J connectivity index is 0.000000180. The molecule has 0 aromatic rings. The molecule has 2 aliphatic heterocycles. The van der Waals surface area contributed by atoms with Crippen LogP contribution in [0.1, 0.15) is 27.7 Å². The van der Waals surface area contributed by atoms with Gasteiger partial charge in [-0.25, -0.2) is 0 Å². The maximum Gasteiger partial charge on any atom is 0.116 e. The molecule has 6 N–H and O–H groups in total. The summed E-state index contributed by atoms with van der Waals surface area (Å²) in [5.74, 6) is 1.87. The van der Waals surface area contributed by atoms with E-state index in [4.69, 9.17) is 11.5 Å². The molecule has 0 fully saturated rings. The molecule has 18 heavy (non-hydrogen) atoms. The molecule has 6 heteroatoms. The summed E-state index contributed by atoms with van der Waals surface area (Å²) in [4.78, 5) is 8.38. The Labute approximate surface area is 109 Å². The zero-order valence-corrected chi connectivity index (χ0v) is 11.9. The van der Waals surface area contributed by atoms with Crippen molar-refractivity contribution in [1.82, 2.24) is 10.6 Å². The lowest BCUT2D eigenvalue weighted by atomic mass is 10.1. The van der Waals surface area contributed by atoms with Gasteiger partial charge in [0.2, 0.25) is 0 Å². The molecule has 2 heterocycles. The molecule has 104 valence electrons. The SMILES string of the molecule is CC(C)(N)C1=NCCN1.CC(C)(N)C1=NCCN1. The summed E-state index contributed by atoms with van der Waals surface area (Å²) in [7, 11) is 0. The molecule has 0 radical (unpaired) electrons. The fraction of sp³-hybridized carbons (Fsp3) is 0.833. The molecular weight excluding hydrogens is 228 g/mol. The molecule has 2 aliphatic rings. The largest absolute Gasteiger partial charge is 0.370 e. The highest BCUT2D eigenvalue weighted by molar-refractivity contribution is 5.92. The zero-order chi connectivity index (χ0) is 13.8. The van der Waals surface area contributed by atoms with Crippen LogP contribution in [0.25, 0.3) is 0 Å². The van der Waals surface area contributed by atoms with Crippen molar-refractivity contribution < 1.29 is 0 Å². The number of rotatable bonds is 2. The normalized spacial score (nSPS) is 19.2. The molecule has 0 aliphatic carbocycles. The standard InChI is InChI=1S/2C6H13N3/c2*1-6(2,7)5-8-3-4-9-5/h2*3-4,7H2,1-2H3,(H,8,9). The van der Waals surface area contributed by atoms with Gasteiger partial charge in [0.05, 0.1) is 24.2 Å². The maximum absolute atomic E-state index is 5.75. The molecule has 0 spiro atoms. The van der Waals surface area contributed by atoms with Crippen molar-refractivity contribution in [3.63, 3.8) is 0 Å². The van der Waals surface area contributed by atoms with E-state index in [1.165, 1.54) is 0 Å². The van der Waals surface area contributed by atoms with Crippen LogP contribution in [0.5, 0.6) is 0 Å². The minimum atomic E-state index is -0.281. The van der Waals surface area contributed by atoms with E-state index in [-0.39, 0.29) is 11.1 Å². The number of hydrogen-bond acceptors (Lipinski definition) is 6. The molecule has 2 rings (SSSR count). The third-order valence-corrected chi connectivity index (χ3v) is 2.57. The fourth-order valence-electron chi connectivity index (χ4n) is 1.66. The third-order valence-electron chi connectivity index (χ3n) is 2.57. The number of nitrogens with one attached hydrogen (secondary N) is 2. The van der Waals surface area contributed by atoms with Gasteiger partial charge in [-0.15, -0.1) is 0 Å². The van der Waals surface area contributed by atoms with Gasteiger partial charge >= 0.3 is 0 Å². The van der Waals surface area contributed by atoms with E-state index in [0.29, 0.717) is 0 Å². The molecule has 6 nitrogen and oxygen atoms in total. The Morgan fingerprint density at radius 1 is 0.833 bits per heavy atom. The van der Waals surface area contributed by atoms with Gasteiger partial charge in [-0.05, 0) is 27.7 Å². The van der Waals surface area contributed by atoms with E-state index in [0.717, 1.165) is 37.9 Å². The summed E-state index contributed by atoms with van der Waals surface area (Å²) in [6.07, 6.45) is 0. The lowest BCUT2D eigenvalue weighted by Gasteiger charge is -2.18. The predicted molar refractivity (Wildman–Crippen MR) is 77.1 cm³/mol. The molecule has 0 unspecified atom stereocenters. The first-order chi connectivity index (χ1) is 8.21. The van der Waals surface area contributed by atoms with E-state index in [1.54, 1.807) is 0 Å². The van der Waals surface area contributed by atoms with Crippen molar-refractivity contribution in [1.29, 1.82) is 0 Å². The molecular formula is C12H26N6. The molecule has 0 saturated carbocycles. The second kappa shape index (κ2) is 5.67. The van der Waals surface area contributed by atoms with Gasteiger partial charge in [-0.1, -0.05) is 0 Å². The molecule has 0 aromatic carbocycles. The summed E-state index contributed by atoms with van der Waals surface area (Å²) in [5, 5.41) is 6.24. The lowest BCUT2D eigenvalue weighted by Crippen LogP contribution is -2.47. The van der Waals surface area contributed by atoms with Crippen molar-refractivity contribution in [2.75, 3.05) is 26.2 Å². The van der Waals surface area contributed by atoms with Crippen LogP contribution in [0.15, 0.2) is 9.98 Å². The fourth-order valence-corrected chi connectivity index (χ4v) is 1.66.